The molecule has 34 heavy (non-hydrogen) atoms. The SMILES string of the molecule is Cc1cc(Cl)cc2sc(N(CCCN3CCOCC3)C(=O)c3ccccc3S(C)(=O)=O)nc12.Cl. The van der Waals surface area contributed by atoms with Gasteiger partial charge in [-0.1, -0.05) is 35.1 Å². The molecule has 1 aromatic heterocycles. The van der Waals surface area contributed by atoms with Crippen molar-refractivity contribution in [3.8, 4) is 0 Å². The van der Waals surface area contributed by atoms with E-state index < -0.39 is 9.84 Å². The number of sulfone groups is 1. The van der Waals surface area contributed by atoms with Gasteiger partial charge in [0.2, 0.25) is 0 Å². The highest BCUT2D eigenvalue weighted by Crippen LogP contribution is 2.34. The molecule has 0 aliphatic carbocycles. The molecule has 0 radical (unpaired) electrons. The summed E-state index contributed by atoms with van der Waals surface area (Å²) >= 11 is 7.61. The normalized spacial score (nSPS) is 14.7. The van der Waals surface area contributed by atoms with Gasteiger partial charge in [-0.2, -0.15) is 0 Å². The zero-order valence-corrected chi connectivity index (χ0v) is 22.2. The number of thiazole rings is 1. The summed E-state index contributed by atoms with van der Waals surface area (Å²) in [6.45, 7) is 6.32. The molecule has 11 heteroatoms. The number of morpholine rings is 1. The number of hydrogen-bond donors (Lipinski definition) is 0. The topological polar surface area (TPSA) is 79.8 Å². The number of nitrogens with zero attached hydrogens (tertiary/aromatic N) is 3. The predicted octanol–water partition coefficient (Wildman–Crippen LogP) is 4.45. The van der Waals surface area contributed by atoms with E-state index in [0.29, 0.717) is 29.9 Å². The zero-order chi connectivity index (χ0) is 23.6. The van der Waals surface area contributed by atoms with E-state index in [1.54, 1.807) is 23.1 Å². The summed E-state index contributed by atoms with van der Waals surface area (Å²) in [5.74, 6) is -0.374. The van der Waals surface area contributed by atoms with Gasteiger partial charge in [0.1, 0.15) is 0 Å². The number of rotatable bonds is 7. The molecule has 1 saturated heterocycles. The van der Waals surface area contributed by atoms with Gasteiger partial charge in [-0.25, -0.2) is 13.4 Å². The first kappa shape index (κ1) is 26.8. The van der Waals surface area contributed by atoms with E-state index in [0.717, 1.165) is 48.1 Å². The molecule has 2 heterocycles. The molecule has 2 aromatic carbocycles. The lowest BCUT2D eigenvalue weighted by atomic mass is 10.2. The third-order valence-corrected chi connectivity index (χ3v) is 7.99. The van der Waals surface area contributed by atoms with Crippen LogP contribution in [0.4, 0.5) is 5.13 Å². The Morgan fingerprint density at radius 2 is 1.94 bits per heavy atom. The average Bonchev–Trinajstić information content (AvgIpc) is 3.20. The number of amides is 1. The molecular weight excluding hydrogens is 517 g/mol. The number of ether oxygens (including phenoxy) is 1. The van der Waals surface area contributed by atoms with Crippen molar-refractivity contribution in [2.45, 2.75) is 18.2 Å². The number of hydrogen-bond acceptors (Lipinski definition) is 7. The lowest BCUT2D eigenvalue weighted by Crippen LogP contribution is -2.39. The number of benzene rings is 2. The molecule has 0 atom stereocenters. The van der Waals surface area contributed by atoms with Gasteiger partial charge >= 0.3 is 0 Å². The van der Waals surface area contributed by atoms with E-state index in [-0.39, 0.29) is 28.8 Å². The highest BCUT2D eigenvalue weighted by atomic mass is 35.5. The van der Waals surface area contributed by atoms with E-state index >= 15 is 0 Å². The van der Waals surface area contributed by atoms with Crippen LogP contribution in [-0.4, -0.2) is 69.9 Å². The molecule has 1 aliphatic heterocycles. The number of fused-ring (bicyclic) bond motifs is 1. The lowest BCUT2D eigenvalue weighted by molar-refractivity contribution is 0.0376. The molecule has 1 fully saturated rings. The Kier molecular flexibility index (Phi) is 8.94. The van der Waals surface area contributed by atoms with Crippen LogP contribution in [0.1, 0.15) is 22.3 Å². The van der Waals surface area contributed by atoms with Crippen molar-refractivity contribution in [3.05, 3.63) is 52.5 Å². The number of carbonyl (C=O) groups excluding carboxylic acids is 1. The van der Waals surface area contributed by atoms with Crippen LogP contribution in [0.2, 0.25) is 5.02 Å². The van der Waals surface area contributed by atoms with Crippen molar-refractivity contribution in [1.29, 1.82) is 0 Å². The Balaban J connectivity index is 0.00000324. The maximum atomic E-state index is 13.7. The summed E-state index contributed by atoms with van der Waals surface area (Å²) < 4.78 is 31.0. The van der Waals surface area contributed by atoms with E-state index in [4.69, 9.17) is 21.3 Å². The molecular formula is C23H27Cl2N3O4S2. The maximum absolute atomic E-state index is 13.7. The van der Waals surface area contributed by atoms with Crippen LogP contribution in [-0.2, 0) is 14.6 Å². The van der Waals surface area contributed by atoms with Crippen molar-refractivity contribution < 1.29 is 17.9 Å². The second kappa shape index (κ2) is 11.3. The predicted molar refractivity (Wildman–Crippen MR) is 140 cm³/mol. The highest BCUT2D eigenvalue weighted by molar-refractivity contribution is 7.90. The first-order valence-electron chi connectivity index (χ1n) is 10.7. The standard InChI is InChI=1S/C23H26ClN3O4S2.ClH/c1-16-14-17(24)15-19-21(16)25-23(32-19)27(9-5-8-26-10-12-31-13-11-26)22(28)18-6-3-4-7-20(18)33(2,29)30;/h3-4,6-7,14-15H,5,8-13H2,1-2H3;1H. The number of aryl methyl sites for hydroxylation is 1. The first-order valence-corrected chi connectivity index (χ1v) is 13.8. The van der Waals surface area contributed by atoms with Crippen LogP contribution in [0, 0.1) is 6.92 Å². The van der Waals surface area contributed by atoms with Gasteiger partial charge in [0.15, 0.2) is 15.0 Å². The van der Waals surface area contributed by atoms with Crippen molar-refractivity contribution in [2.75, 3.05) is 50.5 Å². The van der Waals surface area contributed by atoms with Crippen LogP contribution < -0.4 is 4.90 Å². The quantitative estimate of drug-likeness (QED) is 0.437. The zero-order valence-electron chi connectivity index (χ0n) is 19.0. The molecule has 0 spiro atoms. The van der Waals surface area contributed by atoms with Gasteiger partial charge in [-0.15, -0.1) is 12.4 Å². The van der Waals surface area contributed by atoms with Crippen molar-refractivity contribution in [2.24, 2.45) is 0 Å². The minimum atomic E-state index is -3.57. The van der Waals surface area contributed by atoms with Crippen molar-refractivity contribution >= 4 is 66.4 Å². The molecule has 1 aliphatic rings. The van der Waals surface area contributed by atoms with Crippen LogP contribution in [0.15, 0.2) is 41.3 Å². The molecule has 0 bridgehead atoms. The van der Waals surface area contributed by atoms with Gasteiger partial charge in [0, 0.05) is 37.5 Å². The third kappa shape index (κ3) is 6.08. The van der Waals surface area contributed by atoms with Gasteiger partial charge in [-0.3, -0.25) is 14.6 Å². The Bertz CT molecular complexity index is 1270. The van der Waals surface area contributed by atoms with Gasteiger partial charge in [0.05, 0.1) is 33.9 Å². The minimum absolute atomic E-state index is 0. The second-order valence-corrected chi connectivity index (χ2v) is 11.5. The smallest absolute Gasteiger partial charge is 0.261 e. The van der Waals surface area contributed by atoms with E-state index in [1.165, 1.54) is 17.4 Å². The third-order valence-electron chi connectivity index (χ3n) is 5.59. The summed E-state index contributed by atoms with van der Waals surface area (Å²) in [4.78, 5) is 22.4. The molecule has 3 aromatic rings. The summed E-state index contributed by atoms with van der Waals surface area (Å²) in [7, 11) is -3.57. The van der Waals surface area contributed by atoms with Gasteiger partial charge in [-0.05, 0) is 43.2 Å². The monoisotopic (exact) mass is 543 g/mol. The van der Waals surface area contributed by atoms with Gasteiger partial charge in [0.25, 0.3) is 5.91 Å². The fourth-order valence-electron chi connectivity index (χ4n) is 3.93. The Labute approximate surface area is 215 Å². The molecule has 0 saturated carbocycles. The lowest BCUT2D eigenvalue weighted by Gasteiger charge is -2.28. The second-order valence-electron chi connectivity index (χ2n) is 8.10. The molecule has 0 unspecified atom stereocenters. The Morgan fingerprint density at radius 3 is 2.65 bits per heavy atom. The number of carbonyl (C=O) groups is 1. The number of anilines is 1. The molecule has 1 amide bonds. The largest absolute Gasteiger partial charge is 0.379 e. The van der Waals surface area contributed by atoms with Crippen LogP contribution >= 0.6 is 35.3 Å². The van der Waals surface area contributed by atoms with Gasteiger partial charge < -0.3 is 4.74 Å². The molecule has 7 nitrogen and oxygen atoms in total. The molecule has 0 N–H and O–H groups in total. The van der Waals surface area contributed by atoms with E-state index in [1.807, 2.05) is 19.1 Å². The first-order chi connectivity index (χ1) is 15.7. The summed E-state index contributed by atoms with van der Waals surface area (Å²) in [5, 5.41) is 1.15. The van der Waals surface area contributed by atoms with Crippen LogP contribution in [0.25, 0.3) is 10.2 Å². The van der Waals surface area contributed by atoms with Crippen LogP contribution in [0.5, 0.6) is 0 Å². The van der Waals surface area contributed by atoms with E-state index in [9.17, 15) is 13.2 Å². The minimum Gasteiger partial charge on any atom is -0.379 e. The van der Waals surface area contributed by atoms with Crippen molar-refractivity contribution in [3.63, 3.8) is 0 Å². The summed E-state index contributed by atoms with van der Waals surface area (Å²) in [6.07, 6.45) is 1.84. The van der Waals surface area contributed by atoms with Crippen LogP contribution in [0.3, 0.4) is 0 Å². The fourth-order valence-corrected chi connectivity index (χ4v) is 6.26. The number of halogens is 2. The fraction of sp³-hybridized carbons (Fsp3) is 0.391. The Morgan fingerprint density at radius 1 is 1.24 bits per heavy atom. The number of aromatic nitrogens is 1. The van der Waals surface area contributed by atoms with Crippen molar-refractivity contribution in [1.82, 2.24) is 9.88 Å². The van der Waals surface area contributed by atoms with E-state index in [2.05, 4.69) is 4.90 Å². The maximum Gasteiger partial charge on any atom is 0.261 e. The average molecular weight is 545 g/mol. The Hall–Kier alpha value is -1.75. The summed E-state index contributed by atoms with van der Waals surface area (Å²) in [5.41, 5.74) is 1.87. The molecule has 184 valence electrons. The highest BCUT2D eigenvalue weighted by Gasteiger charge is 2.26. The summed E-state index contributed by atoms with van der Waals surface area (Å²) in [6, 6.07) is 10.0. The molecule has 4 rings (SSSR count).